The van der Waals surface area contributed by atoms with E-state index in [1.54, 1.807) is 0 Å². The van der Waals surface area contributed by atoms with Gasteiger partial charge in [-0.15, -0.1) is 0 Å². The zero-order valence-corrected chi connectivity index (χ0v) is 12.9. The van der Waals surface area contributed by atoms with Crippen molar-refractivity contribution in [1.29, 1.82) is 0 Å². The van der Waals surface area contributed by atoms with Gasteiger partial charge in [-0.1, -0.05) is 29.6 Å². The van der Waals surface area contributed by atoms with Crippen LogP contribution in [0, 0.1) is 0 Å². The summed E-state index contributed by atoms with van der Waals surface area (Å²) in [6, 6.07) is 4.53. The Morgan fingerprint density at radius 1 is 1.30 bits per heavy atom. The molecular weight excluding hydrogens is 293 g/mol. The third-order valence-electron chi connectivity index (χ3n) is 4.05. The SMILES string of the molecule is Clc1ccc2c(ncn2CCC[C@H]2CCCCN2)c1Cl. The van der Waals surface area contributed by atoms with Crippen LogP contribution < -0.4 is 5.32 Å². The average Bonchev–Trinajstić information content (AvgIpc) is 2.88. The van der Waals surface area contributed by atoms with Gasteiger partial charge in [0.2, 0.25) is 0 Å². The van der Waals surface area contributed by atoms with Crippen LogP contribution >= 0.6 is 23.2 Å². The molecule has 0 amide bonds. The zero-order valence-electron chi connectivity index (χ0n) is 11.4. The van der Waals surface area contributed by atoms with Crippen LogP contribution in [0.2, 0.25) is 10.0 Å². The molecular formula is C15H19Cl2N3. The number of fused-ring (bicyclic) bond motifs is 1. The number of aromatic nitrogens is 2. The Labute approximate surface area is 129 Å². The molecule has 108 valence electrons. The summed E-state index contributed by atoms with van der Waals surface area (Å²) in [4.78, 5) is 4.38. The number of imidazole rings is 1. The van der Waals surface area contributed by atoms with Crippen molar-refractivity contribution in [3.8, 4) is 0 Å². The fraction of sp³-hybridized carbons (Fsp3) is 0.533. The predicted molar refractivity (Wildman–Crippen MR) is 84.6 cm³/mol. The van der Waals surface area contributed by atoms with Gasteiger partial charge in [-0.2, -0.15) is 0 Å². The maximum Gasteiger partial charge on any atom is 0.109 e. The molecule has 0 bridgehead atoms. The summed E-state index contributed by atoms with van der Waals surface area (Å²) in [6.07, 6.45) is 8.24. The summed E-state index contributed by atoms with van der Waals surface area (Å²) >= 11 is 12.2. The topological polar surface area (TPSA) is 29.9 Å². The van der Waals surface area contributed by atoms with Crippen molar-refractivity contribution in [1.82, 2.24) is 14.9 Å². The molecule has 5 heteroatoms. The molecule has 1 atom stereocenters. The van der Waals surface area contributed by atoms with Gasteiger partial charge in [0.25, 0.3) is 0 Å². The summed E-state index contributed by atoms with van der Waals surface area (Å²) in [5, 5.41) is 4.71. The monoisotopic (exact) mass is 311 g/mol. The highest BCUT2D eigenvalue weighted by molar-refractivity contribution is 6.44. The fourth-order valence-corrected chi connectivity index (χ4v) is 3.29. The minimum absolute atomic E-state index is 0.553. The number of nitrogens with zero attached hydrogens (tertiary/aromatic N) is 2. The maximum atomic E-state index is 6.18. The third-order valence-corrected chi connectivity index (χ3v) is 4.84. The second-order valence-electron chi connectivity index (χ2n) is 5.46. The maximum absolute atomic E-state index is 6.18. The average molecular weight is 312 g/mol. The van der Waals surface area contributed by atoms with Crippen LogP contribution in [0.25, 0.3) is 11.0 Å². The Bertz CT molecular complexity index is 588. The van der Waals surface area contributed by atoms with E-state index < -0.39 is 0 Å². The standard InChI is InChI=1S/C15H19Cl2N3/c16-12-6-7-13-15(14(12)17)19-10-20(13)9-3-5-11-4-1-2-8-18-11/h6-7,10-11,18H,1-5,8-9H2/t11-/m1/s1. The van der Waals surface area contributed by atoms with E-state index in [9.17, 15) is 0 Å². The van der Waals surface area contributed by atoms with Crippen LogP contribution in [0.4, 0.5) is 0 Å². The van der Waals surface area contributed by atoms with Crippen molar-refractivity contribution in [3.63, 3.8) is 0 Å². The molecule has 3 nitrogen and oxygen atoms in total. The van der Waals surface area contributed by atoms with Gasteiger partial charge < -0.3 is 9.88 Å². The summed E-state index contributed by atoms with van der Waals surface area (Å²) < 4.78 is 2.17. The lowest BCUT2D eigenvalue weighted by molar-refractivity contribution is 0.369. The minimum Gasteiger partial charge on any atom is -0.331 e. The highest BCUT2D eigenvalue weighted by atomic mass is 35.5. The first kappa shape index (κ1) is 14.2. The van der Waals surface area contributed by atoms with E-state index in [1.165, 1.54) is 32.2 Å². The molecule has 2 heterocycles. The fourth-order valence-electron chi connectivity index (χ4n) is 2.93. The summed E-state index contributed by atoms with van der Waals surface area (Å²) in [5.74, 6) is 0. The summed E-state index contributed by atoms with van der Waals surface area (Å²) in [6.45, 7) is 2.15. The number of hydrogen-bond acceptors (Lipinski definition) is 2. The molecule has 0 unspecified atom stereocenters. The Morgan fingerprint density at radius 2 is 2.20 bits per heavy atom. The Morgan fingerprint density at radius 3 is 3.00 bits per heavy atom. The molecule has 1 saturated heterocycles. The van der Waals surface area contributed by atoms with Gasteiger partial charge in [0.1, 0.15) is 5.52 Å². The van der Waals surface area contributed by atoms with Crippen LogP contribution in [-0.2, 0) is 6.54 Å². The van der Waals surface area contributed by atoms with E-state index in [0.29, 0.717) is 16.1 Å². The molecule has 1 aromatic heterocycles. The van der Waals surface area contributed by atoms with Crippen LogP contribution in [0.15, 0.2) is 18.5 Å². The zero-order chi connectivity index (χ0) is 13.9. The van der Waals surface area contributed by atoms with Crippen LogP contribution in [0.1, 0.15) is 32.1 Å². The molecule has 0 spiro atoms. The van der Waals surface area contributed by atoms with Crippen LogP contribution in [0.3, 0.4) is 0 Å². The van der Waals surface area contributed by atoms with Gasteiger partial charge in [0.05, 0.1) is 21.9 Å². The Balaban J connectivity index is 1.64. The third kappa shape index (κ3) is 2.95. The molecule has 1 N–H and O–H groups in total. The van der Waals surface area contributed by atoms with Gasteiger partial charge in [0, 0.05) is 12.6 Å². The normalized spacial score (nSPS) is 19.6. The molecule has 1 aliphatic heterocycles. The second kappa shape index (κ2) is 6.33. The number of nitrogens with one attached hydrogen (secondary N) is 1. The first-order valence-corrected chi connectivity index (χ1v) is 8.03. The molecule has 20 heavy (non-hydrogen) atoms. The van der Waals surface area contributed by atoms with E-state index in [-0.39, 0.29) is 0 Å². The van der Waals surface area contributed by atoms with Gasteiger partial charge in [0.15, 0.2) is 0 Å². The predicted octanol–water partition coefficient (Wildman–Crippen LogP) is 4.27. The van der Waals surface area contributed by atoms with E-state index in [4.69, 9.17) is 23.2 Å². The second-order valence-corrected chi connectivity index (χ2v) is 6.24. The molecule has 0 aliphatic carbocycles. The first-order chi connectivity index (χ1) is 9.75. The van der Waals surface area contributed by atoms with Crippen LogP contribution in [-0.4, -0.2) is 22.1 Å². The smallest absolute Gasteiger partial charge is 0.109 e. The quantitative estimate of drug-likeness (QED) is 0.914. The van der Waals surface area contributed by atoms with Crippen molar-refractivity contribution < 1.29 is 0 Å². The number of aryl methyl sites for hydroxylation is 1. The number of rotatable bonds is 4. The lowest BCUT2D eigenvalue weighted by atomic mass is 10.0. The van der Waals surface area contributed by atoms with Crippen molar-refractivity contribution in [2.45, 2.75) is 44.7 Å². The first-order valence-electron chi connectivity index (χ1n) is 7.28. The summed E-state index contributed by atoms with van der Waals surface area (Å²) in [7, 11) is 0. The highest BCUT2D eigenvalue weighted by Gasteiger charge is 2.13. The van der Waals surface area contributed by atoms with Gasteiger partial charge in [-0.25, -0.2) is 4.98 Å². The molecule has 0 saturated carbocycles. The molecule has 1 fully saturated rings. The molecule has 2 aromatic rings. The Hall–Kier alpha value is -0.770. The molecule has 0 radical (unpaired) electrons. The molecule has 1 aliphatic rings. The minimum atomic E-state index is 0.553. The van der Waals surface area contributed by atoms with E-state index >= 15 is 0 Å². The lowest BCUT2D eigenvalue weighted by Crippen LogP contribution is -2.33. The van der Waals surface area contributed by atoms with Crippen molar-refractivity contribution >= 4 is 34.2 Å². The van der Waals surface area contributed by atoms with E-state index in [2.05, 4.69) is 14.9 Å². The summed E-state index contributed by atoms with van der Waals surface area (Å²) in [5.41, 5.74) is 1.87. The van der Waals surface area contributed by atoms with Crippen molar-refractivity contribution in [2.24, 2.45) is 0 Å². The van der Waals surface area contributed by atoms with Crippen LogP contribution in [0.5, 0.6) is 0 Å². The largest absolute Gasteiger partial charge is 0.331 e. The van der Waals surface area contributed by atoms with E-state index in [1.807, 2.05) is 18.5 Å². The van der Waals surface area contributed by atoms with Gasteiger partial charge in [-0.3, -0.25) is 0 Å². The molecule has 3 rings (SSSR count). The van der Waals surface area contributed by atoms with E-state index in [0.717, 1.165) is 24.0 Å². The number of benzene rings is 1. The van der Waals surface area contributed by atoms with Gasteiger partial charge >= 0.3 is 0 Å². The Kier molecular flexibility index (Phi) is 4.49. The number of piperidine rings is 1. The molecule has 1 aromatic carbocycles. The highest BCUT2D eigenvalue weighted by Crippen LogP contribution is 2.29. The number of hydrogen-bond donors (Lipinski definition) is 1. The van der Waals surface area contributed by atoms with Crippen molar-refractivity contribution in [2.75, 3.05) is 6.54 Å². The lowest BCUT2D eigenvalue weighted by Gasteiger charge is -2.23. The van der Waals surface area contributed by atoms with Crippen molar-refractivity contribution in [3.05, 3.63) is 28.5 Å². The number of halogens is 2. The van der Waals surface area contributed by atoms with Gasteiger partial charge in [-0.05, 0) is 44.4 Å².